The molecule has 2 aromatic heterocycles. The molecule has 12 nitrogen and oxygen atoms in total. The van der Waals surface area contributed by atoms with Gasteiger partial charge in [-0.15, -0.1) is 5.10 Å². The Hall–Kier alpha value is -4.04. The summed E-state index contributed by atoms with van der Waals surface area (Å²) in [6.07, 6.45) is 2.10. The maximum absolute atomic E-state index is 12.1. The summed E-state index contributed by atoms with van der Waals surface area (Å²) in [5.41, 5.74) is 6.15. The van der Waals surface area contributed by atoms with E-state index in [1.807, 2.05) is 13.8 Å². The topological polar surface area (TPSA) is 168 Å². The third kappa shape index (κ3) is 11.9. The van der Waals surface area contributed by atoms with Crippen molar-refractivity contribution in [2.75, 3.05) is 5.73 Å². The van der Waals surface area contributed by atoms with Gasteiger partial charge < -0.3 is 10.8 Å². The van der Waals surface area contributed by atoms with Crippen molar-refractivity contribution in [3.63, 3.8) is 0 Å². The molecular weight excluding hydrogens is 559 g/mol. The van der Waals surface area contributed by atoms with Crippen LogP contribution < -0.4 is 5.73 Å². The summed E-state index contributed by atoms with van der Waals surface area (Å²) in [5, 5.41) is 31.3. The lowest BCUT2D eigenvalue weighted by Crippen LogP contribution is -2.11. The molecule has 2 heterocycles. The van der Waals surface area contributed by atoms with Gasteiger partial charge in [0.15, 0.2) is 11.6 Å². The Balaban J connectivity index is 0.000000307. The highest BCUT2D eigenvalue weighted by molar-refractivity contribution is 6.31. The van der Waals surface area contributed by atoms with Crippen LogP contribution in [-0.2, 0) is 19.5 Å². The van der Waals surface area contributed by atoms with Crippen molar-refractivity contribution in [2.24, 2.45) is 0 Å². The van der Waals surface area contributed by atoms with E-state index >= 15 is 0 Å². The van der Waals surface area contributed by atoms with Crippen LogP contribution in [0.4, 0.5) is 15.1 Å². The third-order valence-corrected chi connectivity index (χ3v) is 5.04. The number of halogens is 4. The fourth-order valence-corrected chi connectivity index (χ4v) is 3.23. The molecule has 0 saturated heterocycles. The maximum Gasteiger partial charge on any atom is 0.335 e. The van der Waals surface area contributed by atoms with E-state index in [1.54, 1.807) is 45.8 Å². The molecule has 4 aromatic rings. The molecule has 0 saturated carbocycles. The summed E-state index contributed by atoms with van der Waals surface area (Å²) in [5.74, 6) is -0.0224. The number of carbonyl (C=O) groups excluding carboxylic acids is 1. The van der Waals surface area contributed by atoms with Crippen molar-refractivity contribution < 1.29 is 23.8 Å². The lowest BCUT2D eigenvalue weighted by atomic mass is 10.1. The number of nitrogen functional groups attached to an aromatic ring is 1. The average Bonchev–Trinajstić information content (AvgIpc) is 3.54. The number of hydrogen-bond donors (Lipinski definition) is 2. The molecule has 0 spiro atoms. The quantitative estimate of drug-likeness (QED) is 0.276. The summed E-state index contributed by atoms with van der Waals surface area (Å²) in [6.45, 7) is 5.58. The van der Waals surface area contributed by atoms with E-state index in [0.717, 1.165) is 19.4 Å². The molecule has 0 atom stereocenters. The van der Waals surface area contributed by atoms with Gasteiger partial charge in [-0.05, 0) is 64.0 Å². The molecule has 0 unspecified atom stereocenters. The molecule has 0 bridgehead atoms. The summed E-state index contributed by atoms with van der Waals surface area (Å²) in [7, 11) is 0. The van der Waals surface area contributed by atoms with Crippen LogP contribution >= 0.6 is 23.2 Å². The number of aromatic nitrogens is 8. The zero-order chi connectivity index (χ0) is 29.2. The molecular formula is C23H27Cl2F2N9O3. The number of nitrogens with zero attached hydrogens (tertiary/aromatic N) is 8. The number of ketones is 1. The van der Waals surface area contributed by atoms with Gasteiger partial charge in [0.1, 0.15) is 0 Å². The summed E-state index contributed by atoms with van der Waals surface area (Å²) >= 11 is 11.4. The Labute approximate surface area is 232 Å². The second kappa shape index (κ2) is 18.3. The first-order valence-electron chi connectivity index (χ1n) is 11.4. The van der Waals surface area contributed by atoms with Gasteiger partial charge in [-0.1, -0.05) is 60.3 Å². The monoisotopic (exact) mass is 585 g/mol. The Morgan fingerprint density at radius 3 is 1.87 bits per heavy atom. The fourth-order valence-electron chi connectivity index (χ4n) is 2.85. The fraction of sp³-hybridized carbons (Fsp3) is 0.304. The highest BCUT2D eigenvalue weighted by atomic mass is 35.5. The van der Waals surface area contributed by atoms with Crippen molar-refractivity contribution in [1.29, 1.82) is 0 Å². The lowest BCUT2D eigenvalue weighted by molar-refractivity contribution is 0.0696. The Morgan fingerprint density at radius 2 is 1.38 bits per heavy atom. The van der Waals surface area contributed by atoms with Gasteiger partial charge >= 0.3 is 5.97 Å². The first-order valence-corrected chi connectivity index (χ1v) is 12.2. The molecule has 2 aromatic carbocycles. The molecule has 39 heavy (non-hydrogen) atoms. The van der Waals surface area contributed by atoms with Crippen molar-refractivity contribution in [2.45, 2.75) is 46.2 Å². The highest BCUT2D eigenvalue weighted by Gasteiger charge is 2.13. The smallest absolute Gasteiger partial charge is 0.335 e. The molecule has 16 heteroatoms. The van der Waals surface area contributed by atoms with Crippen molar-refractivity contribution in [3.05, 3.63) is 75.5 Å². The Kier molecular flexibility index (Phi) is 15.4. The van der Waals surface area contributed by atoms with Crippen LogP contribution in [0.2, 0.25) is 10.0 Å². The van der Waals surface area contributed by atoms with Crippen LogP contribution in [0.25, 0.3) is 0 Å². The van der Waals surface area contributed by atoms with E-state index < -0.39 is 5.97 Å². The molecule has 0 aliphatic carbocycles. The largest absolute Gasteiger partial charge is 0.478 e. The number of carboxylic acid groups (broad SMARTS) is 1. The first kappa shape index (κ1) is 33.0. The minimum atomic E-state index is -0.956. The number of carboxylic acids is 1. The first-order chi connectivity index (χ1) is 18.7. The van der Waals surface area contributed by atoms with Gasteiger partial charge in [-0.3, -0.25) is 4.79 Å². The van der Waals surface area contributed by atoms with Crippen molar-refractivity contribution in [1.82, 2.24) is 40.4 Å². The molecule has 0 fully saturated rings. The van der Waals surface area contributed by atoms with Crippen LogP contribution in [0, 0.1) is 0 Å². The summed E-state index contributed by atoms with van der Waals surface area (Å²) in [6, 6.07) is 13.0. The number of carbonyl (C=O) groups is 2. The summed E-state index contributed by atoms with van der Waals surface area (Å²) in [4.78, 5) is 22.3. The van der Waals surface area contributed by atoms with E-state index in [1.165, 1.54) is 12.1 Å². The molecule has 210 valence electrons. The van der Waals surface area contributed by atoms with E-state index in [-0.39, 0.29) is 17.8 Å². The van der Waals surface area contributed by atoms with Gasteiger partial charge in [0, 0.05) is 37.8 Å². The van der Waals surface area contributed by atoms with Crippen LogP contribution in [0.15, 0.2) is 48.5 Å². The third-order valence-electron chi connectivity index (χ3n) is 4.57. The van der Waals surface area contributed by atoms with Crippen LogP contribution in [-0.4, -0.2) is 57.3 Å². The average molecular weight is 586 g/mol. The number of rotatable bonds is 8. The number of aromatic carboxylic acids is 1. The number of aryl methyl sites for hydroxylation is 2. The number of anilines is 1. The minimum absolute atomic E-state index is 0.0374. The van der Waals surface area contributed by atoms with Crippen LogP contribution in [0.1, 0.15) is 53.2 Å². The second-order valence-electron chi connectivity index (χ2n) is 7.50. The van der Waals surface area contributed by atoms with Crippen molar-refractivity contribution >= 4 is 40.9 Å². The van der Waals surface area contributed by atoms with Gasteiger partial charge in [0.25, 0.3) is 0 Å². The molecule has 4 rings (SSSR count). The molecule has 0 aliphatic rings. The summed E-state index contributed by atoms with van der Waals surface area (Å²) < 4.78 is 19.2. The maximum atomic E-state index is 12.1. The number of hydrogen-bond acceptors (Lipinski definition) is 9. The molecule has 0 amide bonds. The lowest BCUT2D eigenvalue weighted by Gasteiger charge is -2.03. The van der Waals surface area contributed by atoms with Gasteiger partial charge in [0.2, 0.25) is 5.95 Å². The zero-order valence-electron chi connectivity index (χ0n) is 21.1. The Bertz CT molecular complexity index is 1310. The Morgan fingerprint density at radius 1 is 0.872 bits per heavy atom. The number of benzene rings is 2. The number of nitrogens with two attached hydrogens (primary N) is 1. The normalized spacial score (nSPS) is 9.69. The minimum Gasteiger partial charge on any atom is -0.478 e. The number of tetrazole rings is 2. The highest BCUT2D eigenvalue weighted by Crippen LogP contribution is 2.13. The van der Waals surface area contributed by atoms with E-state index in [4.69, 9.17) is 43.2 Å². The standard InChI is InChI=1S/C12H13ClN4O.C7H5ClO2.C4H9N5.F2/c1-2-6-17-12(14-15-16-17)8-11(18)9-4-3-5-10(13)7-9;8-6-3-1-2-5(4-6)7(9)10;1-2-3-9-4(5)6-7-8-9;1-2/h3-5,7H,2,6,8H2,1H3;1-4H,(H,9,10);2-3H2,1H3,(H2,5,6,8);. The number of Topliss-reactive ketones (excluding diaryl/α,β-unsaturated/α-hetero) is 1. The molecule has 0 aliphatic heterocycles. The zero-order valence-corrected chi connectivity index (χ0v) is 22.6. The predicted molar refractivity (Wildman–Crippen MR) is 141 cm³/mol. The van der Waals surface area contributed by atoms with Crippen LogP contribution in [0.5, 0.6) is 0 Å². The van der Waals surface area contributed by atoms with E-state index in [0.29, 0.717) is 33.9 Å². The van der Waals surface area contributed by atoms with Gasteiger partial charge in [0.05, 0.1) is 12.0 Å². The second-order valence-corrected chi connectivity index (χ2v) is 8.38. The van der Waals surface area contributed by atoms with Crippen LogP contribution in [0.3, 0.4) is 0 Å². The molecule has 3 N–H and O–H groups in total. The van der Waals surface area contributed by atoms with Gasteiger partial charge in [-0.25, -0.2) is 14.2 Å². The predicted octanol–water partition coefficient (Wildman–Crippen LogP) is 4.71. The SMILES string of the molecule is CCCn1nnnc1CC(=O)c1cccc(Cl)c1.CCCn1nnnc1N.FF.O=C(O)c1cccc(Cl)c1. The van der Waals surface area contributed by atoms with Gasteiger partial charge in [-0.2, -0.15) is 0 Å². The van der Waals surface area contributed by atoms with E-state index in [2.05, 4.69) is 31.1 Å². The van der Waals surface area contributed by atoms with E-state index in [9.17, 15) is 9.59 Å². The van der Waals surface area contributed by atoms with Crippen molar-refractivity contribution in [3.8, 4) is 0 Å². The molecule has 0 radical (unpaired) electrons.